The summed E-state index contributed by atoms with van der Waals surface area (Å²) in [5, 5.41) is 12.3. The van der Waals surface area contributed by atoms with Crippen LogP contribution in [0.25, 0.3) is 21.8 Å². The number of amides is 2. The molecule has 3 heterocycles. The lowest BCUT2D eigenvalue weighted by Crippen LogP contribution is -2.34. The number of para-hydroxylation sites is 2. The number of aromatic amines is 2. The van der Waals surface area contributed by atoms with E-state index in [9.17, 15) is 9.59 Å². The molecule has 0 unspecified atom stereocenters. The molecule has 2 aromatic heterocycles. The van der Waals surface area contributed by atoms with E-state index in [1.54, 1.807) is 4.90 Å². The summed E-state index contributed by atoms with van der Waals surface area (Å²) in [5.74, 6) is 0.0835. The van der Waals surface area contributed by atoms with E-state index in [4.69, 9.17) is 0 Å². The predicted molar refractivity (Wildman–Crippen MR) is 112 cm³/mol. The molecule has 0 aliphatic carbocycles. The molecule has 4 aromatic rings. The second kappa shape index (κ2) is 7.09. The van der Waals surface area contributed by atoms with Gasteiger partial charge in [0.05, 0.1) is 11.4 Å². The largest absolute Gasteiger partial charge is 0.361 e. The molecule has 146 valence electrons. The average molecular weight is 387 g/mol. The van der Waals surface area contributed by atoms with Gasteiger partial charge in [-0.15, -0.1) is 0 Å². The lowest BCUT2D eigenvalue weighted by Gasteiger charge is -2.14. The molecule has 7 nitrogen and oxygen atoms in total. The third-order valence-corrected chi connectivity index (χ3v) is 5.57. The molecule has 0 bridgehead atoms. The zero-order chi connectivity index (χ0) is 19.8. The molecule has 1 aliphatic rings. The van der Waals surface area contributed by atoms with Crippen LogP contribution in [0.4, 0.5) is 5.82 Å². The number of benzene rings is 2. The van der Waals surface area contributed by atoms with Crippen LogP contribution in [0.3, 0.4) is 0 Å². The maximum atomic E-state index is 12.6. The Morgan fingerprint density at radius 2 is 1.86 bits per heavy atom. The first-order chi connectivity index (χ1) is 14.2. The average Bonchev–Trinajstić information content (AvgIpc) is 3.45. The van der Waals surface area contributed by atoms with E-state index in [2.05, 4.69) is 26.6 Å². The third-order valence-electron chi connectivity index (χ3n) is 5.57. The maximum absolute atomic E-state index is 12.6. The lowest BCUT2D eigenvalue weighted by atomic mass is 10.1. The smallest absolute Gasteiger partial charge is 0.229 e. The van der Waals surface area contributed by atoms with Gasteiger partial charge in [-0.2, -0.15) is 5.10 Å². The Bertz CT molecular complexity index is 1210. The first kappa shape index (κ1) is 17.5. The summed E-state index contributed by atoms with van der Waals surface area (Å²) in [7, 11) is 0. The van der Waals surface area contributed by atoms with Gasteiger partial charge in [0.15, 0.2) is 5.82 Å². The molecule has 0 saturated carbocycles. The molecule has 0 radical (unpaired) electrons. The van der Waals surface area contributed by atoms with Crippen molar-refractivity contribution in [2.24, 2.45) is 5.92 Å². The van der Waals surface area contributed by atoms with E-state index in [1.807, 2.05) is 48.7 Å². The molecule has 3 N–H and O–H groups in total. The Kier molecular flexibility index (Phi) is 4.27. The second-order valence-corrected chi connectivity index (χ2v) is 7.40. The standard InChI is InChI=1S/C22H21N5O2/c28-20-11-15(13-27(20)21-17-6-2-4-8-19(17)25-26-21)22(29)23-10-9-14-12-24-18-7-3-1-5-16(14)18/h1-8,12,15,24H,9-11,13H2,(H,23,29)(H,25,26)/t15-/m1/s1. The van der Waals surface area contributed by atoms with Crippen LogP contribution in [0.1, 0.15) is 12.0 Å². The van der Waals surface area contributed by atoms with Crippen molar-refractivity contribution in [3.63, 3.8) is 0 Å². The summed E-state index contributed by atoms with van der Waals surface area (Å²) < 4.78 is 0. The van der Waals surface area contributed by atoms with Gasteiger partial charge < -0.3 is 10.3 Å². The molecule has 2 amide bonds. The zero-order valence-corrected chi connectivity index (χ0v) is 15.8. The van der Waals surface area contributed by atoms with E-state index >= 15 is 0 Å². The summed E-state index contributed by atoms with van der Waals surface area (Å²) in [6, 6.07) is 15.8. The van der Waals surface area contributed by atoms with Gasteiger partial charge in [-0.05, 0) is 30.2 Å². The molecular formula is C22H21N5O2. The Morgan fingerprint density at radius 1 is 1.10 bits per heavy atom. The minimum absolute atomic E-state index is 0.0703. The number of H-pyrrole nitrogens is 2. The van der Waals surface area contributed by atoms with Crippen molar-refractivity contribution in [2.45, 2.75) is 12.8 Å². The highest BCUT2D eigenvalue weighted by molar-refractivity contribution is 6.05. The predicted octanol–water partition coefficient (Wildman–Crippen LogP) is 2.76. The van der Waals surface area contributed by atoms with Crippen LogP contribution in [0, 0.1) is 5.92 Å². The highest BCUT2D eigenvalue weighted by Crippen LogP contribution is 2.29. The molecule has 1 fully saturated rings. The minimum Gasteiger partial charge on any atom is -0.361 e. The van der Waals surface area contributed by atoms with E-state index in [1.165, 1.54) is 10.9 Å². The number of carbonyl (C=O) groups is 2. The first-order valence-electron chi connectivity index (χ1n) is 9.77. The summed E-state index contributed by atoms with van der Waals surface area (Å²) in [6.07, 6.45) is 2.94. The number of nitrogens with zero attached hydrogens (tertiary/aromatic N) is 2. The summed E-state index contributed by atoms with van der Waals surface area (Å²) in [4.78, 5) is 30.0. The van der Waals surface area contributed by atoms with Crippen LogP contribution in [-0.2, 0) is 16.0 Å². The van der Waals surface area contributed by atoms with Crippen LogP contribution in [0.2, 0.25) is 0 Å². The summed E-state index contributed by atoms with van der Waals surface area (Å²) >= 11 is 0. The maximum Gasteiger partial charge on any atom is 0.229 e. The van der Waals surface area contributed by atoms with Crippen molar-refractivity contribution < 1.29 is 9.59 Å². The molecule has 5 rings (SSSR count). The van der Waals surface area contributed by atoms with Crippen molar-refractivity contribution in [1.29, 1.82) is 0 Å². The van der Waals surface area contributed by atoms with Gasteiger partial charge >= 0.3 is 0 Å². The second-order valence-electron chi connectivity index (χ2n) is 7.40. The molecule has 1 atom stereocenters. The number of fused-ring (bicyclic) bond motifs is 2. The first-order valence-corrected chi connectivity index (χ1v) is 9.77. The number of hydrogen-bond donors (Lipinski definition) is 3. The topological polar surface area (TPSA) is 93.9 Å². The Labute approximate surface area is 167 Å². The molecule has 29 heavy (non-hydrogen) atoms. The van der Waals surface area contributed by atoms with Crippen molar-refractivity contribution in [3.8, 4) is 0 Å². The molecule has 2 aromatic carbocycles. The normalized spacial score (nSPS) is 16.8. The number of hydrogen-bond acceptors (Lipinski definition) is 3. The number of nitrogens with one attached hydrogen (secondary N) is 3. The third kappa shape index (κ3) is 3.14. The van der Waals surface area contributed by atoms with Gasteiger partial charge in [-0.25, -0.2) is 0 Å². The van der Waals surface area contributed by atoms with E-state index < -0.39 is 0 Å². The van der Waals surface area contributed by atoms with E-state index in [0.29, 0.717) is 18.9 Å². The van der Waals surface area contributed by atoms with Crippen molar-refractivity contribution >= 4 is 39.4 Å². The quantitative estimate of drug-likeness (QED) is 0.491. The van der Waals surface area contributed by atoms with Gasteiger partial charge in [-0.1, -0.05) is 30.3 Å². The number of rotatable bonds is 5. The fraction of sp³-hybridized carbons (Fsp3) is 0.227. The van der Waals surface area contributed by atoms with Gasteiger partial charge in [0, 0.05) is 42.0 Å². The van der Waals surface area contributed by atoms with Crippen molar-refractivity contribution in [1.82, 2.24) is 20.5 Å². The monoisotopic (exact) mass is 387 g/mol. The van der Waals surface area contributed by atoms with Gasteiger partial charge in [-0.3, -0.25) is 19.6 Å². The van der Waals surface area contributed by atoms with Gasteiger partial charge in [0.25, 0.3) is 0 Å². The summed E-state index contributed by atoms with van der Waals surface area (Å²) in [5.41, 5.74) is 3.15. The Morgan fingerprint density at radius 3 is 2.72 bits per heavy atom. The summed E-state index contributed by atoms with van der Waals surface area (Å²) in [6.45, 7) is 0.892. The molecule has 1 aliphatic heterocycles. The van der Waals surface area contributed by atoms with Crippen LogP contribution in [-0.4, -0.2) is 40.1 Å². The SMILES string of the molecule is O=C(NCCc1c[nH]c2ccccc12)[C@@H]1CC(=O)N(c2n[nH]c3ccccc23)C1. The zero-order valence-electron chi connectivity index (χ0n) is 15.8. The van der Waals surface area contributed by atoms with Crippen LogP contribution in [0.15, 0.2) is 54.7 Å². The van der Waals surface area contributed by atoms with Crippen LogP contribution >= 0.6 is 0 Å². The Hall–Kier alpha value is -3.61. The highest BCUT2D eigenvalue weighted by Gasteiger charge is 2.36. The molecular weight excluding hydrogens is 366 g/mol. The number of carbonyl (C=O) groups excluding carboxylic acids is 2. The minimum atomic E-state index is -0.360. The fourth-order valence-corrected chi connectivity index (χ4v) is 4.05. The number of anilines is 1. The van der Waals surface area contributed by atoms with Gasteiger partial charge in [0.2, 0.25) is 11.8 Å². The van der Waals surface area contributed by atoms with E-state index in [-0.39, 0.29) is 24.2 Å². The highest BCUT2D eigenvalue weighted by atomic mass is 16.2. The lowest BCUT2D eigenvalue weighted by molar-refractivity contribution is -0.126. The van der Waals surface area contributed by atoms with E-state index in [0.717, 1.165) is 22.8 Å². The molecule has 7 heteroatoms. The fourth-order valence-electron chi connectivity index (χ4n) is 4.05. The van der Waals surface area contributed by atoms with Crippen molar-refractivity contribution in [2.75, 3.05) is 18.0 Å². The molecule has 0 spiro atoms. The van der Waals surface area contributed by atoms with Crippen LogP contribution in [0.5, 0.6) is 0 Å². The Balaban J connectivity index is 1.22. The van der Waals surface area contributed by atoms with Crippen LogP contribution < -0.4 is 10.2 Å². The van der Waals surface area contributed by atoms with Crippen molar-refractivity contribution in [3.05, 3.63) is 60.3 Å². The number of aromatic nitrogens is 3. The molecule has 1 saturated heterocycles. The van der Waals surface area contributed by atoms with Gasteiger partial charge in [0.1, 0.15) is 0 Å².